The number of aryl methyl sites for hydroxylation is 1. The standard InChI is InChI=1S/C16H18N2O3/c1-12-2-4-13(5-3-12)15-10-14(17-21-15)11-16(19)18-6-8-20-9-7-18/h2-5,10H,6-9,11H2,1H3. The highest BCUT2D eigenvalue weighted by Gasteiger charge is 2.18. The van der Waals surface area contributed by atoms with Gasteiger partial charge in [0.1, 0.15) is 0 Å². The molecular formula is C16H18N2O3. The number of rotatable bonds is 3. The molecule has 0 aliphatic carbocycles. The van der Waals surface area contributed by atoms with Gasteiger partial charge in [-0.25, -0.2) is 0 Å². The first-order valence-corrected chi connectivity index (χ1v) is 7.10. The number of aromatic nitrogens is 1. The van der Waals surface area contributed by atoms with Crippen LogP contribution in [-0.4, -0.2) is 42.3 Å². The molecule has 0 atom stereocenters. The van der Waals surface area contributed by atoms with Crippen molar-refractivity contribution in [3.05, 3.63) is 41.6 Å². The van der Waals surface area contributed by atoms with Gasteiger partial charge in [0.25, 0.3) is 0 Å². The van der Waals surface area contributed by atoms with Gasteiger partial charge in [-0.3, -0.25) is 4.79 Å². The van der Waals surface area contributed by atoms with Gasteiger partial charge in [0.2, 0.25) is 5.91 Å². The van der Waals surface area contributed by atoms with Crippen molar-refractivity contribution in [3.63, 3.8) is 0 Å². The van der Waals surface area contributed by atoms with E-state index in [4.69, 9.17) is 9.26 Å². The Kier molecular flexibility index (Phi) is 4.01. The maximum atomic E-state index is 12.1. The minimum absolute atomic E-state index is 0.0713. The molecule has 1 saturated heterocycles. The summed E-state index contributed by atoms with van der Waals surface area (Å²) in [6, 6.07) is 9.86. The lowest BCUT2D eigenvalue weighted by molar-refractivity contribution is -0.134. The lowest BCUT2D eigenvalue weighted by atomic mass is 10.1. The van der Waals surface area contributed by atoms with Crippen LogP contribution in [0.25, 0.3) is 11.3 Å². The molecule has 1 aromatic heterocycles. The van der Waals surface area contributed by atoms with E-state index < -0.39 is 0 Å². The van der Waals surface area contributed by atoms with Crippen LogP contribution in [0.4, 0.5) is 0 Å². The summed E-state index contributed by atoms with van der Waals surface area (Å²) >= 11 is 0. The van der Waals surface area contributed by atoms with E-state index >= 15 is 0 Å². The molecule has 1 aromatic carbocycles. The Morgan fingerprint density at radius 1 is 1.24 bits per heavy atom. The average Bonchev–Trinajstić information content (AvgIpc) is 2.97. The normalized spacial score (nSPS) is 15.2. The van der Waals surface area contributed by atoms with E-state index in [1.165, 1.54) is 5.56 Å². The van der Waals surface area contributed by atoms with Crippen molar-refractivity contribution in [1.82, 2.24) is 10.1 Å². The Balaban J connectivity index is 1.67. The summed E-state index contributed by atoms with van der Waals surface area (Å²) in [4.78, 5) is 14.0. The number of amides is 1. The summed E-state index contributed by atoms with van der Waals surface area (Å²) in [6.07, 6.45) is 0.273. The summed E-state index contributed by atoms with van der Waals surface area (Å²) in [5.41, 5.74) is 2.83. The van der Waals surface area contributed by atoms with Crippen LogP contribution >= 0.6 is 0 Å². The van der Waals surface area contributed by atoms with Gasteiger partial charge in [0.15, 0.2) is 5.76 Å². The second-order valence-corrected chi connectivity index (χ2v) is 5.22. The topological polar surface area (TPSA) is 55.6 Å². The van der Waals surface area contributed by atoms with Crippen LogP contribution in [0.15, 0.2) is 34.9 Å². The van der Waals surface area contributed by atoms with Gasteiger partial charge >= 0.3 is 0 Å². The van der Waals surface area contributed by atoms with Crippen molar-refractivity contribution < 1.29 is 14.1 Å². The summed E-state index contributed by atoms with van der Waals surface area (Å²) in [6.45, 7) is 4.57. The van der Waals surface area contributed by atoms with Crippen molar-refractivity contribution in [3.8, 4) is 11.3 Å². The fraction of sp³-hybridized carbons (Fsp3) is 0.375. The second-order valence-electron chi connectivity index (χ2n) is 5.22. The lowest BCUT2D eigenvalue weighted by Crippen LogP contribution is -2.41. The van der Waals surface area contributed by atoms with Crippen molar-refractivity contribution in [2.75, 3.05) is 26.3 Å². The first-order valence-electron chi connectivity index (χ1n) is 7.10. The first kappa shape index (κ1) is 13.8. The highest BCUT2D eigenvalue weighted by molar-refractivity contribution is 5.78. The quantitative estimate of drug-likeness (QED) is 0.866. The van der Waals surface area contributed by atoms with Gasteiger partial charge in [-0.2, -0.15) is 0 Å². The maximum Gasteiger partial charge on any atom is 0.228 e. The zero-order valence-corrected chi connectivity index (χ0v) is 12.0. The Morgan fingerprint density at radius 3 is 2.67 bits per heavy atom. The molecule has 0 unspecified atom stereocenters. The zero-order valence-electron chi connectivity index (χ0n) is 12.0. The summed E-state index contributed by atoms with van der Waals surface area (Å²) in [5.74, 6) is 0.766. The molecule has 2 aromatic rings. The predicted molar refractivity (Wildman–Crippen MR) is 77.8 cm³/mol. The summed E-state index contributed by atoms with van der Waals surface area (Å²) < 4.78 is 10.6. The Morgan fingerprint density at radius 2 is 1.95 bits per heavy atom. The van der Waals surface area contributed by atoms with Gasteiger partial charge in [0, 0.05) is 24.7 Å². The number of carbonyl (C=O) groups is 1. The number of carbonyl (C=O) groups excluding carboxylic acids is 1. The van der Waals surface area contributed by atoms with Crippen LogP contribution in [0.2, 0.25) is 0 Å². The molecule has 1 aliphatic rings. The smallest absolute Gasteiger partial charge is 0.228 e. The molecule has 3 rings (SSSR count). The van der Waals surface area contributed by atoms with Crippen molar-refractivity contribution >= 4 is 5.91 Å². The van der Waals surface area contributed by atoms with Gasteiger partial charge in [-0.05, 0) is 6.92 Å². The zero-order chi connectivity index (χ0) is 14.7. The monoisotopic (exact) mass is 286 g/mol. The van der Waals surface area contributed by atoms with E-state index in [0.29, 0.717) is 37.8 Å². The average molecular weight is 286 g/mol. The molecule has 1 amide bonds. The number of hydrogen-bond acceptors (Lipinski definition) is 4. The van der Waals surface area contributed by atoms with E-state index in [2.05, 4.69) is 5.16 Å². The van der Waals surface area contributed by atoms with Crippen LogP contribution < -0.4 is 0 Å². The number of morpholine rings is 1. The molecule has 0 radical (unpaired) electrons. The summed E-state index contributed by atoms with van der Waals surface area (Å²) in [7, 11) is 0. The van der Waals surface area contributed by atoms with Crippen LogP contribution in [-0.2, 0) is 16.0 Å². The van der Waals surface area contributed by atoms with Gasteiger partial charge in [0.05, 0.1) is 25.3 Å². The van der Waals surface area contributed by atoms with Gasteiger partial charge < -0.3 is 14.2 Å². The van der Waals surface area contributed by atoms with E-state index in [0.717, 1.165) is 5.56 Å². The predicted octanol–water partition coefficient (Wildman–Crippen LogP) is 2.05. The van der Waals surface area contributed by atoms with E-state index in [-0.39, 0.29) is 12.3 Å². The highest BCUT2D eigenvalue weighted by Crippen LogP contribution is 2.21. The van der Waals surface area contributed by atoms with E-state index in [1.807, 2.05) is 42.2 Å². The maximum absolute atomic E-state index is 12.1. The molecule has 1 aliphatic heterocycles. The molecular weight excluding hydrogens is 268 g/mol. The minimum Gasteiger partial charge on any atom is -0.378 e. The van der Waals surface area contributed by atoms with Crippen LogP contribution in [0, 0.1) is 6.92 Å². The minimum atomic E-state index is 0.0713. The van der Waals surface area contributed by atoms with Gasteiger partial charge in [-0.1, -0.05) is 35.0 Å². The van der Waals surface area contributed by atoms with Crippen molar-refractivity contribution in [2.24, 2.45) is 0 Å². The fourth-order valence-corrected chi connectivity index (χ4v) is 2.33. The number of hydrogen-bond donors (Lipinski definition) is 0. The molecule has 5 nitrogen and oxygen atoms in total. The number of benzene rings is 1. The molecule has 21 heavy (non-hydrogen) atoms. The van der Waals surface area contributed by atoms with Gasteiger partial charge in [-0.15, -0.1) is 0 Å². The number of ether oxygens (including phenoxy) is 1. The third-order valence-electron chi connectivity index (χ3n) is 3.59. The molecule has 2 heterocycles. The van der Waals surface area contributed by atoms with Crippen molar-refractivity contribution in [2.45, 2.75) is 13.3 Å². The molecule has 1 fully saturated rings. The summed E-state index contributed by atoms with van der Waals surface area (Å²) in [5, 5.41) is 4.00. The largest absolute Gasteiger partial charge is 0.378 e. The molecule has 0 spiro atoms. The van der Waals surface area contributed by atoms with Crippen LogP contribution in [0.1, 0.15) is 11.3 Å². The van der Waals surface area contributed by atoms with E-state index in [1.54, 1.807) is 0 Å². The molecule has 110 valence electrons. The Bertz CT molecular complexity index is 613. The first-order chi connectivity index (χ1) is 10.2. The number of nitrogens with zero attached hydrogens (tertiary/aromatic N) is 2. The third kappa shape index (κ3) is 3.31. The van der Waals surface area contributed by atoms with Crippen LogP contribution in [0.3, 0.4) is 0 Å². The van der Waals surface area contributed by atoms with E-state index in [9.17, 15) is 4.79 Å². The Hall–Kier alpha value is -2.14. The second kappa shape index (κ2) is 6.10. The molecule has 0 saturated carbocycles. The molecule has 0 N–H and O–H groups in total. The molecule has 0 bridgehead atoms. The fourth-order valence-electron chi connectivity index (χ4n) is 2.33. The molecule has 5 heteroatoms. The lowest BCUT2D eigenvalue weighted by Gasteiger charge is -2.26. The highest BCUT2D eigenvalue weighted by atomic mass is 16.5. The van der Waals surface area contributed by atoms with Crippen molar-refractivity contribution in [1.29, 1.82) is 0 Å². The Labute approximate surface area is 123 Å². The van der Waals surface area contributed by atoms with Crippen LogP contribution in [0.5, 0.6) is 0 Å². The SMILES string of the molecule is Cc1ccc(-c2cc(CC(=O)N3CCOCC3)no2)cc1. The third-order valence-corrected chi connectivity index (χ3v) is 3.59.